The summed E-state index contributed by atoms with van der Waals surface area (Å²) in [6.45, 7) is 1.46. The molecule has 1 saturated carbocycles. The van der Waals surface area contributed by atoms with Crippen LogP contribution in [-0.4, -0.2) is 67.6 Å². The quantitative estimate of drug-likeness (QED) is 0.406. The van der Waals surface area contributed by atoms with E-state index in [0.29, 0.717) is 24.2 Å². The van der Waals surface area contributed by atoms with Crippen molar-refractivity contribution in [2.24, 2.45) is 0 Å². The molecule has 2 aliphatic rings. The first-order valence-electron chi connectivity index (χ1n) is 12.2. The normalized spacial score (nSPS) is 22.6. The second kappa shape index (κ2) is 8.94. The molecule has 6 rings (SSSR count). The van der Waals surface area contributed by atoms with Crippen LogP contribution in [0.5, 0.6) is 0 Å². The molecule has 5 heterocycles. The molecule has 10 nitrogen and oxygen atoms in total. The van der Waals surface area contributed by atoms with Crippen molar-refractivity contribution in [2.45, 2.75) is 50.3 Å². The molecule has 1 saturated heterocycles. The van der Waals surface area contributed by atoms with Gasteiger partial charge in [0.15, 0.2) is 5.65 Å². The van der Waals surface area contributed by atoms with Gasteiger partial charge in [-0.15, -0.1) is 0 Å². The maximum absolute atomic E-state index is 13.1. The summed E-state index contributed by atoms with van der Waals surface area (Å²) in [4.78, 5) is 22.7. The summed E-state index contributed by atoms with van der Waals surface area (Å²) < 4.78 is 9.57. The molecule has 0 radical (unpaired) electrons. The van der Waals surface area contributed by atoms with Crippen molar-refractivity contribution in [3.8, 4) is 11.3 Å². The lowest BCUT2D eigenvalue weighted by atomic mass is 10.1. The number of aromatic nitrogens is 5. The standard InChI is InChI=1S/C25H29N7O3/c1-26-22-11-20(18-13-31(15-5-4-10-35-14-15)23-16(18)6-3-9-27-23)29-24-17(12-28-32(22)24)25(34)30-19-7-2-8-21(19)33/h3,6,9,11-13,15,19,21,26,33H,2,4-5,7-8,10,14H2,1H3,(H,30,34)/t15-,19-,21+/m0/s1. The van der Waals surface area contributed by atoms with Crippen LogP contribution in [0.15, 0.2) is 36.8 Å². The Morgan fingerprint density at radius 2 is 2.14 bits per heavy atom. The van der Waals surface area contributed by atoms with Crippen molar-refractivity contribution in [1.82, 2.24) is 29.5 Å². The molecule has 0 spiro atoms. The topological polar surface area (TPSA) is 119 Å². The molecule has 2 fully saturated rings. The molecular formula is C25H29N7O3. The first-order chi connectivity index (χ1) is 17.1. The van der Waals surface area contributed by atoms with Crippen molar-refractivity contribution < 1.29 is 14.6 Å². The highest BCUT2D eigenvalue weighted by Gasteiger charge is 2.29. The van der Waals surface area contributed by atoms with E-state index in [1.165, 1.54) is 6.20 Å². The monoisotopic (exact) mass is 475 g/mol. The zero-order valence-electron chi connectivity index (χ0n) is 19.6. The van der Waals surface area contributed by atoms with E-state index in [1.807, 2.05) is 25.2 Å². The van der Waals surface area contributed by atoms with E-state index in [1.54, 1.807) is 10.7 Å². The Labute approximate surface area is 202 Å². The molecule has 0 aromatic carbocycles. The average Bonchev–Trinajstić information content (AvgIpc) is 3.61. The van der Waals surface area contributed by atoms with Gasteiger partial charge >= 0.3 is 0 Å². The van der Waals surface area contributed by atoms with E-state index >= 15 is 0 Å². The number of aliphatic hydroxyl groups is 1. The van der Waals surface area contributed by atoms with Crippen LogP contribution in [-0.2, 0) is 4.74 Å². The fourth-order valence-corrected chi connectivity index (χ4v) is 5.30. The number of nitrogens with zero attached hydrogens (tertiary/aromatic N) is 5. The van der Waals surface area contributed by atoms with Gasteiger partial charge < -0.3 is 25.0 Å². The number of pyridine rings is 1. The Morgan fingerprint density at radius 1 is 1.23 bits per heavy atom. The number of nitrogens with one attached hydrogen (secondary N) is 2. The maximum atomic E-state index is 13.1. The predicted molar refractivity (Wildman–Crippen MR) is 131 cm³/mol. The van der Waals surface area contributed by atoms with Crippen molar-refractivity contribution in [2.75, 3.05) is 25.6 Å². The lowest BCUT2D eigenvalue weighted by Gasteiger charge is -2.24. The highest BCUT2D eigenvalue weighted by Crippen LogP contribution is 2.34. The van der Waals surface area contributed by atoms with Crippen LogP contribution in [0.25, 0.3) is 27.9 Å². The van der Waals surface area contributed by atoms with Crippen LogP contribution in [0.4, 0.5) is 5.82 Å². The van der Waals surface area contributed by atoms with E-state index in [4.69, 9.17) is 9.72 Å². The number of rotatable bonds is 5. The number of amides is 1. The van der Waals surface area contributed by atoms with Crippen LogP contribution >= 0.6 is 0 Å². The zero-order chi connectivity index (χ0) is 23.9. The predicted octanol–water partition coefficient (Wildman–Crippen LogP) is 2.78. The third-order valence-electron chi connectivity index (χ3n) is 7.16. The highest BCUT2D eigenvalue weighted by atomic mass is 16.5. The van der Waals surface area contributed by atoms with Gasteiger partial charge in [-0.25, -0.2) is 9.97 Å². The molecular weight excluding hydrogens is 446 g/mol. The molecule has 4 aromatic heterocycles. The summed E-state index contributed by atoms with van der Waals surface area (Å²) in [5, 5.41) is 21.7. The van der Waals surface area contributed by atoms with Gasteiger partial charge in [0.05, 0.1) is 36.7 Å². The van der Waals surface area contributed by atoms with Crippen LogP contribution in [0.1, 0.15) is 48.5 Å². The van der Waals surface area contributed by atoms with Crippen molar-refractivity contribution in [3.63, 3.8) is 0 Å². The molecule has 0 unspecified atom stereocenters. The van der Waals surface area contributed by atoms with Gasteiger partial charge in [-0.05, 0) is 44.2 Å². The van der Waals surface area contributed by atoms with Gasteiger partial charge in [0.1, 0.15) is 17.0 Å². The Kier molecular flexibility index (Phi) is 5.62. The largest absolute Gasteiger partial charge is 0.391 e. The maximum Gasteiger partial charge on any atom is 0.257 e. The Hall–Kier alpha value is -3.50. The van der Waals surface area contributed by atoms with E-state index in [0.717, 1.165) is 60.4 Å². The first kappa shape index (κ1) is 22.0. The van der Waals surface area contributed by atoms with Crippen LogP contribution in [0.3, 0.4) is 0 Å². The smallest absolute Gasteiger partial charge is 0.257 e. The summed E-state index contributed by atoms with van der Waals surface area (Å²) in [6, 6.07) is 5.89. The number of carbonyl (C=O) groups is 1. The molecule has 182 valence electrons. The van der Waals surface area contributed by atoms with Crippen LogP contribution in [0, 0.1) is 0 Å². The number of fused-ring (bicyclic) bond motifs is 2. The summed E-state index contributed by atoms with van der Waals surface area (Å²) in [7, 11) is 1.82. The second-order valence-electron chi connectivity index (χ2n) is 9.34. The molecule has 1 aliphatic heterocycles. The third-order valence-corrected chi connectivity index (χ3v) is 7.16. The minimum absolute atomic E-state index is 0.219. The number of aliphatic hydroxyl groups excluding tert-OH is 1. The molecule has 35 heavy (non-hydrogen) atoms. The highest BCUT2D eigenvalue weighted by molar-refractivity contribution is 6.01. The van der Waals surface area contributed by atoms with Gasteiger partial charge in [0.2, 0.25) is 0 Å². The molecule has 1 amide bonds. The number of ether oxygens (including phenoxy) is 1. The summed E-state index contributed by atoms with van der Waals surface area (Å²) >= 11 is 0. The van der Waals surface area contributed by atoms with Crippen LogP contribution in [0.2, 0.25) is 0 Å². The van der Waals surface area contributed by atoms with E-state index in [2.05, 4.69) is 31.5 Å². The lowest BCUT2D eigenvalue weighted by molar-refractivity contribution is 0.0605. The number of hydrogen-bond acceptors (Lipinski definition) is 7. The van der Waals surface area contributed by atoms with Gasteiger partial charge in [-0.2, -0.15) is 9.61 Å². The number of hydrogen-bond donors (Lipinski definition) is 3. The average molecular weight is 476 g/mol. The summed E-state index contributed by atoms with van der Waals surface area (Å²) in [5.41, 5.74) is 3.40. The summed E-state index contributed by atoms with van der Waals surface area (Å²) in [6.07, 6.45) is 9.35. The Morgan fingerprint density at radius 3 is 2.91 bits per heavy atom. The SMILES string of the molecule is CNc1cc(-c2cn([C@H]3CCCOC3)c3ncccc23)nc2c(C(=O)N[C@H]3CCC[C@H]3O)cnn12. The van der Waals surface area contributed by atoms with E-state index in [-0.39, 0.29) is 18.0 Å². The zero-order valence-corrected chi connectivity index (χ0v) is 19.6. The van der Waals surface area contributed by atoms with Gasteiger partial charge in [0.25, 0.3) is 5.91 Å². The third kappa shape index (κ3) is 3.82. The molecule has 3 N–H and O–H groups in total. The van der Waals surface area contributed by atoms with Crippen molar-refractivity contribution >= 4 is 28.4 Å². The summed E-state index contributed by atoms with van der Waals surface area (Å²) in [5.74, 6) is 0.442. The van der Waals surface area contributed by atoms with Gasteiger partial charge in [0, 0.05) is 43.1 Å². The van der Waals surface area contributed by atoms with E-state index in [9.17, 15) is 9.90 Å². The first-order valence-corrected chi connectivity index (χ1v) is 12.2. The van der Waals surface area contributed by atoms with Gasteiger partial charge in [-0.1, -0.05) is 0 Å². The molecule has 1 aliphatic carbocycles. The van der Waals surface area contributed by atoms with Gasteiger partial charge in [-0.3, -0.25) is 4.79 Å². The second-order valence-corrected chi connectivity index (χ2v) is 9.34. The number of carbonyl (C=O) groups excluding carboxylic acids is 1. The van der Waals surface area contributed by atoms with Crippen molar-refractivity contribution in [1.29, 1.82) is 0 Å². The minimum Gasteiger partial charge on any atom is -0.391 e. The number of anilines is 1. The van der Waals surface area contributed by atoms with E-state index < -0.39 is 6.10 Å². The molecule has 3 atom stereocenters. The van der Waals surface area contributed by atoms with Crippen molar-refractivity contribution in [3.05, 3.63) is 42.4 Å². The fourth-order valence-electron chi connectivity index (χ4n) is 5.30. The molecule has 0 bridgehead atoms. The Balaban J connectivity index is 1.45. The minimum atomic E-state index is -0.514. The lowest BCUT2D eigenvalue weighted by Crippen LogP contribution is -2.39. The fraction of sp³-hybridized carbons (Fsp3) is 0.440. The Bertz CT molecular complexity index is 1390. The molecule has 4 aromatic rings. The van der Waals surface area contributed by atoms with Crippen LogP contribution < -0.4 is 10.6 Å². The molecule has 10 heteroatoms.